The fourth-order valence-corrected chi connectivity index (χ4v) is 4.18. The number of alkyl halides is 3. The molecule has 0 amide bonds. The predicted molar refractivity (Wildman–Crippen MR) is 100 cm³/mol. The first-order valence-corrected chi connectivity index (χ1v) is 10.7. The Hall–Kier alpha value is -2.02. The summed E-state index contributed by atoms with van der Waals surface area (Å²) in [5, 5.41) is 5.71. The molecule has 2 aromatic carbocycles. The third-order valence-corrected chi connectivity index (χ3v) is 5.94. The maximum atomic E-state index is 12.6. The molecule has 12 heteroatoms. The molecular weight excluding hydrogens is 483 g/mol. The van der Waals surface area contributed by atoms with Gasteiger partial charge in [-0.1, -0.05) is 44.7 Å². The van der Waals surface area contributed by atoms with Crippen LogP contribution in [0.5, 0.6) is 5.75 Å². The van der Waals surface area contributed by atoms with E-state index >= 15 is 0 Å². The lowest BCUT2D eigenvalue weighted by molar-refractivity contribution is -0.275. The van der Waals surface area contributed by atoms with Gasteiger partial charge in [0.1, 0.15) is 10.6 Å². The van der Waals surface area contributed by atoms with Gasteiger partial charge in [-0.15, -0.1) is 18.3 Å². The lowest BCUT2D eigenvalue weighted by Crippen LogP contribution is -2.25. The lowest BCUT2D eigenvalue weighted by atomic mass is 10.1. The second-order valence-corrected chi connectivity index (χ2v) is 8.71. The van der Waals surface area contributed by atoms with Crippen molar-refractivity contribution < 1.29 is 26.3 Å². The predicted octanol–water partition coefficient (Wildman–Crippen LogP) is 4.34. The van der Waals surface area contributed by atoms with Crippen LogP contribution < -0.4 is 9.46 Å². The molecule has 1 heterocycles. The Labute approximate surface area is 170 Å². The molecule has 1 N–H and O–H groups in total. The van der Waals surface area contributed by atoms with Crippen molar-refractivity contribution in [3.8, 4) is 17.0 Å². The Morgan fingerprint density at radius 2 is 1.86 bits per heavy atom. The first-order valence-electron chi connectivity index (χ1n) is 7.55. The molecule has 3 aromatic rings. The van der Waals surface area contributed by atoms with Crippen molar-refractivity contribution in [3.05, 3.63) is 57.9 Å². The Bertz CT molecular complexity index is 1060. The van der Waals surface area contributed by atoms with E-state index in [0.717, 1.165) is 17.7 Å². The highest BCUT2D eigenvalue weighted by Crippen LogP contribution is 2.32. The molecule has 6 nitrogen and oxygen atoms in total. The fourth-order valence-electron chi connectivity index (χ4n) is 2.25. The van der Waals surface area contributed by atoms with Crippen molar-refractivity contribution in [2.75, 3.05) is 0 Å². The first-order chi connectivity index (χ1) is 13.1. The summed E-state index contributed by atoms with van der Waals surface area (Å²) in [5.74, 6) is -0.819. The van der Waals surface area contributed by atoms with E-state index in [1.165, 1.54) is 17.6 Å². The summed E-state index contributed by atoms with van der Waals surface area (Å²) in [6.45, 7) is -0.112. The maximum absolute atomic E-state index is 12.6. The lowest BCUT2D eigenvalue weighted by Gasteiger charge is -2.14. The number of hydrogen-bond acceptors (Lipinski definition) is 6. The number of nitrogens with one attached hydrogen (secondary N) is 1. The molecule has 0 radical (unpaired) electrons. The van der Waals surface area contributed by atoms with Gasteiger partial charge in [-0.2, -0.15) is 0 Å². The smallest absolute Gasteiger partial charge is 0.404 e. The number of hydrogen-bond donors (Lipinski definition) is 1. The summed E-state index contributed by atoms with van der Waals surface area (Å²) in [6.07, 6.45) is -5.02. The van der Waals surface area contributed by atoms with E-state index in [9.17, 15) is 21.6 Å². The van der Waals surface area contributed by atoms with Gasteiger partial charge in [0.05, 0.1) is 0 Å². The number of halogens is 4. The second kappa shape index (κ2) is 8.15. The van der Waals surface area contributed by atoms with E-state index in [4.69, 9.17) is 0 Å². The maximum Gasteiger partial charge on any atom is 0.573 e. The van der Waals surface area contributed by atoms with Gasteiger partial charge in [0.2, 0.25) is 10.0 Å². The van der Waals surface area contributed by atoms with Crippen molar-refractivity contribution in [2.24, 2.45) is 0 Å². The molecule has 0 unspecified atom stereocenters. The van der Waals surface area contributed by atoms with Crippen LogP contribution >= 0.6 is 27.5 Å². The molecule has 0 saturated heterocycles. The third kappa shape index (κ3) is 5.28. The fraction of sp³-hybridized carbons (Fsp3) is 0.125. The van der Waals surface area contributed by atoms with Crippen LogP contribution in [0.2, 0.25) is 0 Å². The molecule has 3 rings (SSSR count). The Balaban J connectivity index is 1.77. The molecular formula is C16H11BrF3N3O3S2. The van der Waals surface area contributed by atoms with E-state index in [-0.39, 0.29) is 11.0 Å². The normalized spacial score (nSPS) is 12.1. The Morgan fingerprint density at radius 3 is 2.46 bits per heavy atom. The van der Waals surface area contributed by atoms with Crippen LogP contribution in [0, 0.1) is 0 Å². The van der Waals surface area contributed by atoms with Crippen molar-refractivity contribution >= 4 is 37.5 Å². The van der Waals surface area contributed by atoms with Crippen molar-refractivity contribution in [3.63, 3.8) is 0 Å². The third-order valence-electron chi connectivity index (χ3n) is 3.50. The number of rotatable bonds is 6. The Kier molecular flexibility index (Phi) is 6.03. The van der Waals surface area contributed by atoms with Gasteiger partial charge >= 0.3 is 6.36 Å². The van der Waals surface area contributed by atoms with Crippen LogP contribution in [-0.4, -0.2) is 24.4 Å². The summed E-state index contributed by atoms with van der Waals surface area (Å²) < 4.78 is 72.9. The molecule has 28 heavy (non-hydrogen) atoms. The van der Waals surface area contributed by atoms with Crippen LogP contribution in [-0.2, 0) is 16.6 Å². The Morgan fingerprint density at radius 1 is 1.14 bits per heavy atom. The van der Waals surface area contributed by atoms with E-state index < -0.39 is 27.0 Å². The van der Waals surface area contributed by atoms with Crippen LogP contribution in [0.1, 0.15) is 5.56 Å². The number of benzene rings is 2. The van der Waals surface area contributed by atoms with Gasteiger partial charge in [-0.05, 0) is 35.3 Å². The van der Waals surface area contributed by atoms with Crippen LogP contribution in [0.3, 0.4) is 0 Å². The van der Waals surface area contributed by atoms with Crippen LogP contribution in [0.15, 0.2) is 57.2 Å². The van der Waals surface area contributed by atoms with Gasteiger partial charge in [-0.25, -0.2) is 13.1 Å². The van der Waals surface area contributed by atoms with E-state index in [1.54, 1.807) is 29.6 Å². The first kappa shape index (κ1) is 20.7. The summed E-state index contributed by atoms with van der Waals surface area (Å²) in [7, 11) is -4.25. The van der Waals surface area contributed by atoms with Crippen LogP contribution in [0.4, 0.5) is 13.2 Å². The zero-order valence-electron chi connectivity index (χ0n) is 13.8. The van der Waals surface area contributed by atoms with Gasteiger partial charge in [0.15, 0.2) is 5.75 Å². The molecule has 1 aromatic heterocycles. The largest absolute Gasteiger partial charge is 0.573 e. The molecule has 0 aliphatic heterocycles. The molecule has 0 aliphatic rings. The average molecular weight is 494 g/mol. The number of sulfonamides is 1. The summed E-state index contributed by atoms with van der Waals surface area (Å²) in [4.78, 5) is -0.613. The summed E-state index contributed by atoms with van der Waals surface area (Å²) in [5.41, 5.74) is 2.13. The zero-order valence-corrected chi connectivity index (χ0v) is 17.0. The molecule has 0 bridgehead atoms. The van der Waals surface area contributed by atoms with Crippen molar-refractivity contribution in [1.29, 1.82) is 0 Å². The van der Waals surface area contributed by atoms with Gasteiger partial charge in [-0.3, -0.25) is 0 Å². The number of aromatic nitrogens is 2. The minimum absolute atomic E-state index is 0.112. The highest BCUT2D eigenvalue weighted by Gasteiger charge is 2.34. The van der Waals surface area contributed by atoms with E-state index in [1.807, 2.05) is 0 Å². The van der Waals surface area contributed by atoms with E-state index in [2.05, 4.69) is 35.0 Å². The van der Waals surface area contributed by atoms with E-state index in [0.29, 0.717) is 11.3 Å². The summed E-state index contributed by atoms with van der Waals surface area (Å²) in [6, 6.07) is 10.2. The van der Waals surface area contributed by atoms with Gasteiger partial charge < -0.3 is 4.74 Å². The molecule has 0 atom stereocenters. The highest BCUT2D eigenvalue weighted by atomic mass is 79.9. The van der Waals surface area contributed by atoms with Gasteiger partial charge in [0.25, 0.3) is 0 Å². The SMILES string of the molecule is O=S(=O)(NCc1ccc(-c2csnn2)cc1)c1ccc(Br)cc1OC(F)(F)F. The van der Waals surface area contributed by atoms with Crippen molar-refractivity contribution in [2.45, 2.75) is 17.8 Å². The van der Waals surface area contributed by atoms with Crippen LogP contribution in [0.25, 0.3) is 11.3 Å². The zero-order chi connectivity index (χ0) is 20.4. The summed E-state index contributed by atoms with van der Waals surface area (Å²) >= 11 is 4.21. The highest BCUT2D eigenvalue weighted by molar-refractivity contribution is 9.10. The molecule has 148 valence electrons. The quantitative estimate of drug-likeness (QED) is 0.552. The standard InChI is InChI=1S/C16H11BrF3N3O3S2/c17-12-5-6-15(14(7-12)26-16(18,19)20)28(24,25)21-8-10-1-3-11(4-2-10)13-9-27-23-22-13/h1-7,9,21H,8H2. The molecule has 0 saturated carbocycles. The minimum atomic E-state index is -5.02. The number of nitrogens with zero attached hydrogens (tertiary/aromatic N) is 2. The molecule has 0 fully saturated rings. The van der Waals surface area contributed by atoms with Crippen molar-refractivity contribution in [1.82, 2.24) is 14.3 Å². The minimum Gasteiger partial charge on any atom is -0.404 e. The number of ether oxygens (including phenoxy) is 1. The topological polar surface area (TPSA) is 81.2 Å². The monoisotopic (exact) mass is 493 g/mol. The average Bonchev–Trinajstić information content (AvgIpc) is 3.13. The second-order valence-electron chi connectivity index (χ2n) is 5.45. The molecule has 0 spiro atoms. The van der Waals surface area contributed by atoms with Gasteiger partial charge in [0, 0.05) is 22.0 Å². The molecule has 0 aliphatic carbocycles.